The van der Waals surface area contributed by atoms with Gasteiger partial charge >= 0.3 is 0 Å². The van der Waals surface area contributed by atoms with Crippen LogP contribution in [0.4, 0.5) is 0 Å². The average Bonchev–Trinajstić information content (AvgIpc) is 2.52. The van der Waals surface area contributed by atoms with Crippen LogP contribution in [-0.4, -0.2) is 17.3 Å². The van der Waals surface area contributed by atoms with Crippen LogP contribution in [0.25, 0.3) is 0 Å². The van der Waals surface area contributed by atoms with Gasteiger partial charge in [-0.05, 0) is 56.8 Å². The average molecular weight is 311 g/mol. The van der Waals surface area contributed by atoms with Crippen LogP contribution in [0.5, 0.6) is 11.5 Å². The SMILES string of the molecule is CC1(C)CCc2cc(CNCCc3ccccc3)c(O)cc2O1. The molecule has 3 rings (SSSR count). The second kappa shape index (κ2) is 6.63. The summed E-state index contributed by atoms with van der Waals surface area (Å²) in [6, 6.07) is 14.3. The number of aryl methyl sites for hydroxylation is 1. The first-order chi connectivity index (χ1) is 11.0. The third-order valence-electron chi connectivity index (χ3n) is 4.39. The highest BCUT2D eigenvalue weighted by Gasteiger charge is 2.27. The highest BCUT2D eigenvalue weighted by molar-refractivity contribution is 5.47. The standard InChI is InChI=1S/C20H25NO2/c1-20(2)10-8-16-12-17(18(22)13-19(16)23-20)14-21-11-9-15-6-4-3-5-7-15/h3-7,12-13,21-22H,8-11,14H2,1-2H3. The molecule has 0 unspecified atom stereocenters. The predicted octanol–water partition coefficient (Wildman–Crippen LogP) is 3.83. The zero-order valence-electron chi connectivity index (χ0n) is 13.9. The van der Waals surface area contributed by atoms with Gasteiger partial charge in [0.05, 0.1) is 0 Å². The van der Waals surface area contributed by atoms with Gasteiger partial charge in [-0.1, -0.05) is 30.3 Å². The Hall–Kier alpha value is -2.00. The molecule has 1 heterocycles. The number of benzene rings is 2. The first-order valence-corrected chi connectivity index (χ1v) is 8.32. The second-order valence-electron chi connectivity index (χ2n) is 6.86. The van der Waals surface area contributed by atoms with Crippen molar-refractivity contribution in [1.82, 2.24) is 5.32 Å². The molecule has 2 N–H and O–H groups in total. The first kappa shape index (κ1) is 15.9. The van der Waals surface area contributed by atoms with Crippen molar-refractivity contribution >= 4 is 0 Å². The van der Waals surface area contributed by atoms with Crippen LogP contribution in [-0.2, 0) is 19.4 Å². The molecule has 0 bridgehead atoms. The minimum atomic E-state index is -0.144. The van der Waals surface area contributed by atoms with Crippen LogP contribution < -0.4 is 10.1 Å². The molecule has 1 aliphatic rings. The van der Waals surface area contributed by atoms with Crippen LogP contribution >= 0.6 is 0 Å². The van der Waals surface area contributed by atoms with E-state index >= 15 is 0 Å². The van der Waals surface area contributed by atoms with Gasteiger partial charge in [-0.3, -0.25) is 0 Å². The number of fused-ring (bicyclic) bond motifs is 1. The number of phenolic OH excluding ortho intramolecular Hbond substituents is 1. The summed E-state index contributed by atoms with van der Waals surface area (Å²) in [6.07, 6.45) is 3.00. The third kappa shape index (κ3) is 4.05. The quantitative estimate of drug-likeness (QED) is 0.825. The second-order valence-corrected chi connectivity index (χ2v) is 6.86. The number of ether oxygens (including phenoxy) is 1. The molecule has 122 valence electrons. The molecule has 0 fully saturated rings. The number of hydrogen-bond donors (Lipinski definition) is 2. The molecule has 0 spiro atoms. The van der Waals surface area contributed by atoms with E-state index in [-0.39, 0.29) is 5.60 Å². The highest BCUT2D eigenvalue weighted by Crippen LogP contribution is 2.37. The lowest BCUT2D eigenvalue weighted by atomic mass is 9.93. The molecular weight excluding hydrogens is 286 g/mol. The number of nitrogens with one attached hydrogen (secondary N) is 1. The van der Waals surface area contributed by atoms with E-state index in [0.717, 1.165) is 37.1 Å². The van der Waals surface area contributed by atoms with Crippen molar-refractivity contribution in [3.05, 3.63) is 59.2 Å². The smallest absolute Gasteiger partial charge is 0.127 e. The van der Waals surface area contributed by atoms with Gasteiger partial charge in [0.1, 0.15) is 17.1 Å². The van der Waals surface area contributed by atoms with Crippen molar-refractivity contribution < 1.29 is 9.84 Å². The van der Waals surface area contributed by atoms with Crippen molar-refractivity contribution in [3.63, 3.8) is 0 Å². The molecule has 0 atom stereocenters. The maximum Gasteiger partial charge on any atom is 0.127 e. The van der Waals surface area contributed by atoms with Crippen LogP contribution in [0.1, 0.15) is 37.0 Å². The van der Waals surface area contributed by atoms with Crippen LogP contribution in [0.15, 0.2) is 42.5 Å². The molecular formula is C20H25NO2. The van der Waals surface area contributed by atoms with E-state index in [0.29, 0.717) is 12.3 Å². The minimum absolute atomic E-state index is 0.144. The Bertz CT molecular complexity index is 665. The van der Waals surface area contributed by atoms with Crippen LogP contribution in [0.2, 0.25) is 0 Å². The Morgan fingerprint density at radius 2 is 1.96 bits per heavy atom. The molecule has 2 aromatic carbocycles. The lowest BCUT2D eigenvalue weighted by Crippen LogP contribution is -2.32. The van der Waals surface area contributed by atoms with E-state index < -0.39 is 0 Å². The monoisotopic (exact) mass is 311 g/mol. The normalized spacial score (nSPS) is 15.7. The van der Waals surface area contributed by atoms with Gasteiger partial charge in [-0.2, -0.15) is 0 Å². The van der Waals surface area contributed by atoms with E-state index in [1.165, 1.54) is 11.1 Å². The van der Waals surface area contributed by atoms with Gasteiger partial charge in [-0.25, -0.2) is 0 Å². The number of hydrogen-bond acceptors (Lipinski definition) is 3. The number of aromatic hydroxyl groups is 1. The lowest BCUT2D eigenvalue weighted by molar-refractivity contribution is 0.0843. The van der Waals surface area contributed by atoms with Crippen molar-refractivity contribution in [3.8, 4) is 11.5 Å². The minimum Gasteiger partial charge on any atom is -0.507 e. The van der Waals surface area contributed by atoms with Crippen molar-refractivity contribution in [2.24, 2.45) is 0 Å². The predicted molar refractivity (Wildman–Crippen MR) is 93.0 cm³/mol. The van der Waals surface area contributed by atoms with Gasteiger partial charge in [-0.15, -0.1) is 0 Å². The fourth-order valence-corrected chi connectivity index (χ4v) is 2.98. The Kier molecular flexibility index (Phi) is 4.58. The van der Waals surface area contributed by atoms with Crippen molar-refractivity contribution in [2.45, 2.75) is 45.3 Å². The zero-order valence-corrected chi connectivity index (χ0v) is 13.9. The zero-order chi connectivity index (χ0) is 16.3. The van der Waals surface area contributed by atoms with Gasteiger partial charge in [0.15, 0.2) is 0 Å². The van der Waals surface area contributed by atoms with Gasteiger partial charge in [0.25, 0.3) is 0 Å². The molecule has 23 heavy (non-hydrogen) atoms. The van der Waals surface area contributed by atoms with Gasteiger partial charge in [0.2, 0.25) is 0 Å². The van der Waals surface area contributed by atoms with E-state index in [9.17, 15) is 5.11 Å². The Morgan fingerprint density at radius 3 is 2.74 bits per heavy atom. The summed E-state index contributed by atoms with van der Waals surface area (Å²) in [7, 11) is 0. The van der Waals surface area contributed by atoms with Gasteiger partial charge in [0, 0.05) is 18.2 Å². The molecule has 2 aromatic rings. The van der Waals surface area contributed by atoms with Crippen molar-refractivity contribution in [2.75, 3.05) is 6.54 Å². The summed E-state index contributed by atoms with van der Waals surface area (Å²) in [4.78, 5) is 0. The summed E-state index contributed by atoms with van der Waals surface area (Å²) >= 11 is 0. The summed E-state index contributed by atoms with van der Waals surface area (Å²) in [5, 5.41) is 13.6. The fourth-order valence-electron chi connectivity index (χ4n) is 2.98. The largest absolute Gasteiger partial charge is 0.507 e. The number of phenols is 1. The van der Waals surface area contributed by atoms with Crippen LogP contribution in [0, 0.1) is 0 Å². The first-order valence-electron chi connectivity index (χ1n) is 8.32. The molecule has 0 aromatic heterocycles. The number of rotatable bonds is 5. The molecule has 0 saturated heterocycles. The summed E-state index contributed by atoms with van der Waals surface area (Å²) in [6.45, 7) is 5.75. The third-order valence-corrected chi connectivity index (χ3v) is 4.39. The van der Waals surface area contributed by atoms with Gasteiger partial charge < -0.3 is 15.2 Å². The summed E-state index contributed by atoms with van der Waals surface area (Å²) in [5.41, 5.74) is 3.32. The van der Waals surface area contributed by atoms with E-state index in [1.54, 1.807) is 6.07 Å². The Labute approximate surface area is 138 Å². The van der Waals surface area contributed by atoms with Crippen LogP contribution in [0.3, 0.4) is 0 Å². The molecule has 0 aliphatic carbocycles. The van der Waals surface area contributed by atoms with Crippen molar-refractivity contribution in [1.29, 1.82) is 0 Å². The summed E-state index contributed by atoms with van der Waals surface area (Å²) < 4.78 is 5.96. The lowest BCUT2D eigenvalue weighted by Gasteiger charge is -2.33. The Balaban J connectivity index is 1.58. The maximum absolute atomic E-state index is 10.2. The summed E-state index contributed by atoms with van der Waals surface area (Å²) in [5.74, 6) is 1.14. The van der Waals surface area contributed by atoms with E-state index in [4.69, 9.17) is 4.74 Å². The molecule has 0 radical (unpaired) electrons. The van der Waals surface area contributed by atoms with E-state index in [2.05, 4.69) is 49.5 Å². The Morgan fingerprint density at radius 1 is 1.17 bits per heavy atom. The highest BCUT2D eigenvalue weighted by atomic mass is 16.5. The molecule has 0 amide bonds. The fraction of sp³-hybridized carbons (Fsp3) is 0.400. The van der Waals surface area contributed by atoms with E-state index in [1.807, 2.05) is 6.07 Å². The molecule has 3 heteroatoms. The maximum atomic E-state index is 10.2. The molecule has 3 nitrogen and oxygen atoms in total. The molecule has 1 aliphatic heterocycles. The topological polar surface area (TPSA) is 41.5 Å². The molecule has 0 saturated carbocycles.